The Labute approximate surface area is 181 Å². The molecular formula is C21H21FN6O4. The van der Waals surface area contributed by atoms with Crippen molar-refractivity contribution >= 4 is 5.91 Å². The van der Waals surface area contributed by atoms with Crippen LogP contribution < -0.4 is 10.9 Å². The van der Waals surface area contributed by atoms with E-state index in [1.54, 1.807) is 0 Å². The van der Waals surface area contributed by atoms with Gasteiger partial charge >= 0.3 is 0 Å². The molecule has 0 atom stereocenters. The van der Waals surface area contributed by atoms with Gasteiger partial charge in [0.15, 0.2) is 5.69 Å². The number of aromatic hydroxyl groups is 1. The maximum atomic E-state index is 13.8. The lowest BCUT2D eigenvalue weighted by atomic mass is 9.99. The van der Waals surface area contributed by atoms with Gasteiger partial charge in [-0.05, 0) is 43.4 Å². The average molecular weight is 440 g/mol. The standard InChI is InChI=1S/C21H21FN6O4/c22-14-4-3-13(15(9-14)28-12-23-11-25-28)10-24-18(30)16-17(29)19(31)27-7-8-32-21(20(27)26-16)5-1-2-6-21/h3-4,9,11-12,29H,1-2,5-8,10H2,(H,24,30). The highest BCUT2D eigenvalue weighted by molar-refractivity contribution is 5.94. The number of carbonyl (C=O) groups is 1. The first-order chi connectivity index (χ1) is 15.5. The van der Waals surface area contributed by atoms with Crippen LogP contribution in [0.15, 0.2) is 35.6 Å². The number of rotatable bonds is 4. The van der Waals surface area contributed by atoms with Crippen LogP contribution in [-0.4, -0.2) is 41.9 Å². The number of aromatic nitrogens is 5. The highest BCUT2D eigenvalue weighted by atomic mass is 19.1. The van der Waals surface area contributed by atoms with Crippen LogP contribution in [0.3, 0.4) is 0 Å². The number of halogens is 1. The summed E-state index contributed by atoms with van der Waals surface area (Å²) in [7, 11) is 0. The van der Waals surface area contributed by atoms with E-state index in [9.17, 15) is 19.1 Å². The number of amides is 1. The van der Waals surface area contributed by atoms with Gasteiger partial charge in [-0.3, -0.25) is 14.2 Å². The molecular weight excluding hydrogens is 419 g/mol. The second kappa shape index (κ2) is 7.83. The van der Waals surface area contributed by atoms with Crippen molar-refractivity contribution in [1.82, 2.24) is 29.6 Å². The molecule has 3 heterocycles. The van der Waals surface area contributed by atoms with Crippen molar-refractivity contribution in [3.8, 4) is 11.4 Å². The Hall–Kier alpha value is -3.60. The predicted octanol–water partition coefficient (Wildman–Crippen LogP) is 1.40. The second-order valence-corrected chi connectivity index (χ2v) is 7.94. The molecule has 0 saturated heterocycles. The molecule has 1 saturated carbocycles. The number of hydrogen-bond acceptors (Lipinski definition) is 7. The minimum Gasteiger partial charge on any atom is -0.501 e. The molecule has 1 spiro atoms. The monoisotopic (exact) mass is 440 g/mol. The third-order valence-corrected chi connectivity index (χ3v) is 6.02. The van der Waals surface area contributed by atoms with Crippen molar-refractivity contribution in [1.29, 1.82) is 0 Å². The molecule has 5 rings (SSSR count). The second-order valence-electron chi connectivity index (χ2n) is 7.94. The summed E-state index contributed by atoms with van der Waals surface area (Å²) in [5, 5.41) is 17.1. The van der Waals surface area contributed by atoms with Crippen molar-refractivity contribution in [2.75, 3.05) is 6.61 Å². The summed E-state index contributed by atoms with van der Waals surface area (Å²) < 4.78 is 22.5. The van der Waals surface area contributed by atoms with Gasteiger partial charge in [-0.15, -0.1) is 0 Å². The van der Waals surface area contributed by atoms with E-state index < -0.39 is 28.6 Å². The maximum absolute atomic E-state index is 13.8. The molecule has 1 aliphatic heterocycles. The smallest absolute Gasteiger partial charge is 0.296 e. The quantitative estimate of drug-likeness (QED) is 0.628. The first-order valence-electron chi connectivity index (χ1n) is 10.4. The van der Waals surface area contributed by atoms with Crippen LogP contribution in [0.25, 0.3) is 5.69 Å². The molecule has 2 N–H and O–H groups in total. The van der Waals surface area contributed by atoms with Crippen LogP contribution in [-0.2, 0) is 23.4 Å². The Morgan fingerprint density at radius 1 is 1.31 bits per heavy atom. The minimum absolute atomic E-state index is 0.00448. The van der Waals surface area contributed by atoms with Gasteiger partial charge in [-0.1, -0.05) is 6.07 Å². The number of ether oxygens (including phenoxy) is 1. The van der Waals surface area contributed by atoms with Gasteiger partial charge in [0.05, 0.1) is 18.8 Å². The fraction of sp³-hybridized carbons (Fsp3) is 0.381. The van der Waals surface area contributed by atoms with Gasteiger partial charge in [0.1, 0.15) is 29.9 Å². The number of benzene rings is 1. The molecule has 0 bridgehead atoms. The predicted molar refractivity (Wildman–Crippen MR) is 109 cm³/mol. The topological polar surface area (TPSA) is 124 Å². The summed E-state index contributed by atoms with van der Waals surface area (Å²) in [6.07, 6.45) is 6.03. The SMILES string of the molecule is O=C(NCc1ccc(F)cc1-n1cncn1)c1nc2n(c(=O)c1O)CCOC21CCCC1. The summed E-state index contributed by atoms with van der Waals surface area (Å²) in [4.78, 5) is 33.9. The molecule has 1 amide bonds. The fourth-order valence-corrected chi connectivity index (χ4v) is 4.46. The lowest BCUT2D eigenvalue weighted by Gasteiger charge is -2.35. The third kappa shape index (κ3) is 3.34. The van der Waals surface area contributed by atoms with E-state index in [0.29, 0.717) is 36.5 Å². The van der Waals surface area contributed by atoms with Crippen molar-refractivity contribution in [3.05, 3.63) is 64.1 Å². The Balaban J connectivity index is 1.45. The first kappa shape index (κ1) is 20.3. The van der Waals surface area contributed by atoms with Gasteiger partial charge in [0.2, 0.25) is 5.75 Å². The largest absolute Gasteiger partial charge is 0.501 e. The van der Waals surface area contributed by atoms with Crippen LogP contribution >= 0.6 is 0 Å². The first-order valence-corrected chi connectivity index (χ1v) is 10.4. The number of fused-ring (bicyclic) bond motifs is 2. The fourth-order valence-electron chi connectivity index (χ4n) is 4.46. The Kier molecular flexibility index (Phi) is 4.97. The normalized spacial score (nSPS) is 16.8. The van der Waals surface area contributed by atoms with Gasteiger partial charge in [0, 0.05) is 6.54 Å². The highest BCUT2D eigenvalue weighted by Crippen LogP contribution is 2.42. The highest BCUT2D eigenvalue weighted by Gasteiger charge is 2.44. The molecule has 1 aromatic carbocycles. The van der Waals surface area contributed by atoms with Gasteiger partial charge in [-0.2, -0.15) is 5.10 Å². The molecule has 1 aliphatic carbocycles. The number of nitrogens with one attached hydrogen (secondary N) is 1. The number of hydrogen-bond donors (Lipinski definition) is 2. The molecule has 0 radical (unpaired) electrons. The molecule has 1 fully saturated rings. The van der Waals surface area contributed by atoms with E-state index in [-0.39, 0.29) is 18.8 Å². The van der Waals surface area contributed by atoms with E-state index in [0.717, 1.165) is 12.8 Å². The van der Waals surface area contributed by atoms with Crippen LogP contribution in [0.1, 0.15) is 47.6 Å². The van der Waals surface area contributed by atoms with Gasteiger partial charge in [0.25, 0.3) is 11.5 Å². The van der Waals surface area contributed by atoms with E-state index in [4.69, 9.17) is 4.74 Å². The Morgan fingerprint density at radius 3 is 2.88 bits per heavy atom. The molecule has 0 unspecified atom stereocenters. The molecule has 3 aromatic rings. The molecule has 166 valence electrons. The van der Waals surface area contributed by atoms with Crippen LogP contribution in [0.5, 0.6) is 5.75 Å². The summed E-state index contributed by atoms with van der Waals surface area (Å²) in [6.45, 7) is 0.625. The van der Waals surface area contributed by atoms with Crippen molar-refractivity contribution in [2.24, 2.45) is 0 Å². The molecule has 2 aromatic heterocycles. The van der Waals surface area contributed by atoms with E-state index in [1.165, 1.54) is 40.1 Å². The van der Waals surface area contributed by atoms with Crippen molar-refractivity contribution < 1.29 is 19.0 Å². The lowest BCUT2D eigenvalue weighted by Crippen LogP contribution is -2.44. The van der Waals surface area contributed by atoms with Crippen LogP contribution in [0.2, 0.25) is 0 Å². The zero-order valence-electron chi connectivity index (χ0n) is 17.1. The van der Waals surface area contributed by atoms with Crippen molar-refractivity contribution in [3.63, 3.8) is 0 Å². The van der Waals surface area contributed by atoms with Crippen LogP contribution in [0, 0.1) is 5.82 Å². The minimum atomic E-state index is -0.712. The summed E-state index contributed by atoms with van der Waals surface area (Å²) in [5.41, 5.74) is -0.724. The molecule has 32 heavy (non-hydrogen) atoms. The Bertz CT molecular complexity index is 1230. The summed E-state index contributed by atoms with van der Waals surface area (Å²) in [6, 6.07) is 4.06. The number of carbonyl (C=O) groups excluding carboxylic acids is 1. The number of nitrogens with zero attached hydrogens (tertiary/aromatic N) is 5. The van der Waals surface area contributed by atoms with Gasteiger partial charge in [-0.25, -0.2) is 19.0 Å². The van der Waals surface area contributed by atoms with E-state index >= 15 is 0 Å². The average Bonchev–Trinajstić information content (AvgIpc) is 3.49. The summed E-state index contributed by atoms with van der Waals surface area (Å²) >= 11 is 0. The van der Waals surface area contributed by atoms with E-state index in [2.05, 4.69) is 20.4 Å². The molecule has 10 nitrogen and oxygen atoms in total. The molecule has 11 heteroatoms. The summed E-state index contributed by atoms with van der Waals surface area (Å²) in [5.74, 6) is -1.48. The zero-order valence-corrected chi connectivity index (χ0v) is 17.1. The maximum Gasteiger partial charge on any atom is 0.296 e. The zero-order chi connectivity index (χ0) is 22.3. The Morgan fingerprint density at radius 2 is 2.12 bits per heavy atom. The lowest BCUT2D eigenvalue weighted by molar-refractivity contribution is -0.0789. The van der Waals surface area contributed by atoms with Gasteiger partial charge < -0.3 is 15.2 Å². The van der Waals surface area contributed by atoms with Crippen molar-refractivity contribution in [2.45, 2.75) is 44.4 Å². The third-order valence-electron chi connectivity index (χ3n) is 6.02. The van der Waals surface area contributed by atoms with Crippen LogP contribution in [0.4, 0.5) is 4.39 Å². The molecule has 2 aliphatic rings. The van der Waals surface area contributed by atoms with E-state index in [1.807, 2.05) is 0 Å².